The van der Waals surface area contributed by atoms with E-state index in [9.17, 15) is 0 Å². The molecule has 3 aromatic rings. The molecule has 0 saturated heterocycles. The second kappa shape index (κ2) is 5.57. The van der Waals surface area contributed by atoms with E-state index in [2.05, 4.69) is 15.0 Å². The number of nitrogens with zero attached hydrogens (tertiary/aromatic N) is 3. The lowest BCUT2D eigenvalue weighted by atomic mass is 10.2. The van der Waals surface area contributed by atoms with E-state index < -0.39 is 0 Å². The van der Waals surface area contributed by atoms with Gasteiger partial charge in [0.25, 0.3) is 0 Å². The number of aromatic nitrogens is 3. The molecule has 3 rings (SSSR count). The topological polar surface area (TPSA) is 38.7 Å². The number of hydrogen-bond donors (Lipinski definition) is 0. The molecule has 5 heteroatoms. The van der Waals surface area contributed by atoms with Crippen LogP contribution in [0.5, 0.6) is 0 Å². The summed E-state index contributed by atoms with van der Waals surface area (Å²) >= 11 is 11.8. The standard InChI is InChI=1S/C15H9Cl2N3/c16-14-8-2-6-12(19-14)10-4-1-5-11(18-10)13-7-3-9-15(17)20-13/h1-9H. The van der Waals surface area contributed by atoms with Gasteiger partial charge in [0.2, 0.25) is 0 Å². The van der Waals surface area contributed by atoms with Gasteiger partial charge in [0.1, 0.15) is 10.3 Å². The Morgan fingerprint density at radius 2 is 0.850 bits per heavy atom. The normalized spacial score (nSPS) is 10.5. The van der Waals surface area contributed by atoms with Crippen molar-refractivity contribution < 1.29 is 0 Å². The minimum absolute atomic E-state index is 0.440. The quantitative estimate of drug-likeness (QED) is 0.654. The summed E-state index contributed by atoms with van der Waals surface area (Å²) in [6.45, 7) is 0. The SMILES string of the molecule is Clc1cccc(-c2cccc(-c3cccc(Cl)n3)n2)n1. The van der Waals surface area contributed by atoms with Gasteiger partial charge in [-0.15, -0.1) is 0 Å². The van der Waals surface area contributed by atoms with Crippen molar-refractivity contribution in [3.8, 4) is 22.8 Å². The molecule has 0 fully saturated rings. The molecule has 3 aromatic heterocycles. The summed E-state index contributed by atoms with van der Waals surface area (Å²) in [5, 5.41) is 0.881. The van der Waals surface area contributed by atoms with Crippen molar-refractivity contribution in [3.05, 3.63) is 64.9 Å². The summed E-state index contributed by atoms with van der Waals surface area (Å²) in [5.74, 6) is 0. The Labute approximate surface area is 126 Å². The van der Waals surface area contributed by atoms with Gasteiger partial charge in [-0.3, -0.25) is 0 Å². The van der Waals surface area contributed by atoms with Crippen molar-refractivity contribution >= 4 is 23.2 Å². The second-order valence-electron chi connectivity index (χ2n) is 4.10. The van der Waals surface area contributed by atoms with Crippen LogP contribution < -0.4 is 0 Å². The van der Waals surface area contributed by atoms with Crippen LogP contribution >= 0.6 is 23.2 Å². The Hall–Kier alpha value is -1.97. The summed E-state index contributed by atoms with van der Waals surface area (Å²) in [5.41, 5.74) is 2.93. The molecule has 0 spiro atoms. The fourth-order valence-corrected chi connectivity index (χ4v) is 2.15. The van der Waals surface area contributed by atoms with Gasteiger partial charge in [-0.25, -0.2) is 15.0 Å². The molecular weight excluding hydrogens is 293 g/mol. The van der Waals surface area contributed by atoms with E-state index in [1.165, 1.54) is 0 Å². The highest BCUT2D eigenvalue weighted by atomic mass is 35.5. The predicted molar refractivity (Wildman–Crippen MR) is 80.7 cm³/mol. The van der Waals surface area contributed by atoms with Crippen molar-refractivity contribution in [2.75, 3.05) is 0 Å². The summed E-state index contributed by atoms with van der Waals surface area (Å²) in [6, 6.07) is 16.5. The first-order chi connectivity index (χ1) is 9.72. The van der Waals surface area contributed by atoms with Crippen LogP contribution in [0.25, 0.3) is 22.8 Å². The molecule has 98 valence electrons. The van der Waals surface area contributed by atoms with Gasteiger partial charge in [-0.05, 0) is 36.4 Å². The molecule has 0 bridgehead atoms. The van der Waals surface area contributed by atoms with E-state index >= 15 is 0 Å². The molecule has 20 heavy (non-hydrogen) atoms. The van der Waals surface area contributed by atoms with Gasteiger partial charge in [-0.2, -0.15) is 0 Å². The lowest BCUT2D eigenvalue weighted by Crippen LogP contribution is -1.92. The Morgan fingerprint density at radius 1 is 0.500 bits per heavy atom. The van der Waals surface area contributed by atoms with Gasteiger partial charge < -0.3 is 0 Å². The highest BCUT2D eigenvalue weighted by Gasteiger charge is 2.06. The molecule has 0 aliphatic carbocycles. The van der Waals surface area contributed by atoms with Crippen molar-refractivity contribution in [1.82, 2.24) is 15.0 Å². The van der Waals surface area contributed by atoms with E-state index in [1.807, 2.05) is 42.5 Å². The van der Waals surface area contributed by atoms with Crippen LogP contribution in [0, 0.1) is 0 Å². The molecule has 0 aliphatic heterocycles. The van der Waals surface area contributed by atoms with Crippen LogP contribution in [-0.4, -0.2) is 15.0 Å². The zero-order chi connectivity index (χ0) is 13.9. The maximum Gasteiger partial charge on any atom is 0.129 e. The van der Waals surface area contributed by atoms with E-state index in [4.69, 9.17) is 23.2 Å². The van der Waals surface area contributed by atoms with Crippen LogP contribution in [0.3, 0.4) is 0 Å². The van der Waals surface area contributed by atoms with Crippen molar-refractivity contribution in [2.24, 2.45) is 0 Å². The molecule has 0 amide bonds. The fraction of sp³-hybridized carbons (Fsp3) is 0. The maximum atomic E-state index is 5.90. The molecule has 0 aliphatic rings. The zero-order valence-corrected chi connectivity index (χ0v) is 11.8. The fourth-order valence-electron chi connectivity index (χ4n) is 1.82. The maximum absolute atomic E-state index is 5.90. The average Bonchev–Trinajstić information content (AvgIpc) is 2.47. The summed E-state index contributed by atoms with van der Waals surface area (Å²) < 4.78 is 0. The average molecular weight is 302 g/mol. The van der Waals surface area contributed by atoms with Crippen molar-refractivity contribution in [3.63, 3.8) is 0 Å². The molecule has 0 N–H and O–H groups in total. The lowest BCUT2D eigenvalue weighted by molar-refractivity contribution is 1.22. The van der Waals surface area contributed by atoms with E-state index in [1.54, 1.807) is 12.1 Å². The monoisotopic (exact) mass is 301 g/mol. The number of rotatable bonds is 2. The minimum atomic E-state index is 0.440. The van der Waals surface area contributed by atoms with E-state index in [0.717, 1.165) is 22.8 Å². The first-order valence-corrected chi connectivity index (χ1v) is 6.71. The third-order valence-corrected chi connectivity index (χ3v) is 3.13. The first-order valence-electron chi connectivity index (χ1n) is 5.95. The summed E-state index contributed by atoms with van der Waals surface area (Å²) in [6.07, 6.45) is 0. The number of pyridine rings is 3. The van der Waals surface area contributed by atoms with Gasteiger partial charge in [0.05, 0.1) is 22.8 Å². The van der Waals surface area contributed by atoms with Crippen LogP contribution in [0.15, 0.2) is 54.6 Å². The van der Waals surface area contributed by atoms with E-state index in [0.29, 0.717) is 10.3 Å². The van der Waals surface area contributed by atoms with Gasteiger partial charge in [-0.1, -0.05) is 41.4 Å². The second-order valence-corrected chi connectivity index (χ2v) is 4.87. The first kappa shape index (κ1) is 13.0. The van der Waals surface area contributed by atoms with E-state index in [-0.39, 0.29) is 0 Å². The van der Waals surface area contributed by atoms with Crippen LogP contribution in [0.2, 0.25) is 10.3 Å². The third kappa shape index (κ3) is 2.79. The van der Waals surface area contributed by atoms with Crippen LogP contribution in [-0.2, 0) is 0 Å². The highest BCUT2D eigenvalue weighted by molar-refractivity contribution is 6.29. The largest absolute Gasteiger partial charge is 0.245 e. The number of hydrogen-bond acceptors (Lipinski definition) is 3. The Morgan fingerprint density at radius 3 is 1.25 bits per heavy atom. The van der Waals surface area contributed by atoms with Crippen LogP contribution in [0.1, 0.15) is 0 Å². The molecule has 0 aromatic carbocycles. The predicted octanol–water partition coefficient (Wildman–Crippen LogP) is 4.51. The van der Waals surface area contributed by atoms with Crippen molar-refractivity contribution in [1.29, 1.82) is 0 Å². The van der Waals surface area contributed by atoms with Crippen molar-refractivity contribution in [2.45, 2.75) is 0 Å². The molecule has 0 unspecified atom stereocenters. The molecular formula is C15H9Cl2N3. The Balaban J connectivity index is 2.06. The molecule has 0 radical (unpaired) electrons. The third-order valence-electron chi connectivity index (χ3n) is 2.70. The zero-order valence-electron chi connectivity index (χ0n) is 10.3. The van der Waals surface area contributed by atoms with Crippen LogP contribution in [0.4, 0.5) is 0 Å². The highest BCUT2D eigenvalue weighted by Crippen LogP contribution is 2.22. The summed E-state index contributed by atoms with van der Waals surface area (Å²) in [4.78, 5) is 13.1. The Bertz CT molecular complexity index is 699. The summed E-state index contributed by atoms with van der Waals surface area (Å²) in [7, 11) is 0. The minimum Gasteiger partial charge on any atom is -0.245 e. The Kier molecular flexibility index (Phi) is 3.63. The molecule has 0 atom stereocenters. The molecule has 3 heterocycles. The van der Waals surface area contributed by atoms with Gasteiger partial charge in [0, 0.05) is 0 Å². The lowest BCUT2D eigenvalue weighted by Gasteiger charge is -2.04. The molecule has 0 saturated carbocycles. The van der Waals surface area contributed by atoms with Gasteiger partial charge >= 0.3 is 0 Å². The number of halogens is 2. The van der Waals surface area contributed by atoms with Gasteiger partial charge in [0.15, 0.2) is 0 Å². The molecule has 3 nitrogen and oxygen atoms in total. The smallest absolute Gasteiger partial charge is 0.129 e.